The summed E-state index contributed by atoms with van der Waals surface area (Å²) >= 11 is 0. The predicted molar refractivity (Wildman–Crippen MR) is 98.8 cm³/mol. The fourth-order valence-electron chi connectivity index (χ4n) is 2.65. The molecule has 2 aromatic heterocycles. The predicted octanol–water partition coefficient (Wildman–Crippen LogP) is 4.41. The number of hydrogen-bond donors (Lipinski definition) is 2. The van der Waals surface area contributed by atoms with Gasteiger partial charge in [-0.2, -0.15) is 0 Å². The first-order chi connectivity index (χ1) is 12.2. The summed E-state index contributed by atoms with van der Waals surface area (Å²) < 4.78 is 5.29. The van der Waals surface area contributed by atoms with Gasteiger partial charge in [0.15, 0.2) is 0 Å². The number of amides is 1. The minimum atomic E-state index is -0.168. The van der Waals surface area contributed by atoms with Gasteiger partial charge >= 0.3 is 0 Å². The molecule has 0 aliphatic carbocycles. The Labute approximate surface area is 147 Å². The summed E-state index contributed by atoms with van der Waals surface area (Å²) in [5, 5.41) is 6.22. The molecule has 5 heteroatoms. The average Bonchev–Trinajstić information content (AvgIpc) is 3.15. The third kappa shape index (κ3) is 4.07. The lowest BCUT2D eigenvalue weighted by Crippen LogP contribution is -2.15. The van der Waals surface area contributed by atoms with Crippen LogP contribution in [-0.4, -0.2) is 10.9 Å². The number of hydrogen-bond acceptors (Lipinski definition) is 4. The summed E-state index contributed by atoms with van der Waals surface area (Å²) in [6.45, 7) is 4.61. The molecule has 0 unspecified atom stereocenters. The fourth-order valence-corrected chi connectivity index (χ4v) is 2.65. The van der Waals surface area contributed by atoms with Crippen molar-refractivity contribution in [3.05, 3.63) is 77.5 Å². The number of furan rings is 1. The number of para-hydroxylation sites is 1. The molecule has 0 saturated carbocycles. The maximum absolute atomic E-state index is 12.6. The van der Waals surface area contributed by atoms with E-state index >= 15 is 0 Å². The van der Waals surface area contributed by atoms with Gasteiger partial charge < -0.3 is 15.1 Å². The molecule has 0 fully saturated rings. The van der Waals surface area contributed by atoms with Gasteiger partial charge in [-0.05, 0) is 42.7 Å². The van der Waals surface area contributed by atoms with Crippen molar-refractivity contribution in [2.45, 2.75) is 26.8 Å². The van der Waals surface area contributed by atoms with Gasteiger partial charge in [0.1, 0.15) is 5.76 Å². The van der Waals surface area contributed by atoms with Crippen molar-refractivity contribution in [2.75, 3.05) is 10.6 Å². The molecule has 1 amide bonds. The molecule has 1 aromatic carbocycles. The van der Waals surface area contributed by atoms with Crippen molar-refractivity contribution < 1.29 is 9.21 Å². The zero-order chi connectivity index (χ0) is 17.6. The molecule has 0 saturated heterocycles. The lowest BCUT2D eigenvalue weighted by Gasteiger charge is -2.13. The highest BCUT2D eigenvalue weighted by Crippen LogP contribution is 2.22. The average molecular weight is 335 g/mol. The van der Waals surface area contributed by atoms with E-state index in [2.05, 4.69) is 22.5 Å². The van der Waals surface area contributed by atoms with E-state index in [1.54, 1.807) is 24.7 Å². The molecule has 2 heterocycles. The van der Waals surface area contributed by atoms with E-state index in [1.807, 2.05) is 37.3 Å². The number of aromatic nitrogens is 1. The second-order valence-electron chi connectivity index (χ2n) is 5.81. The van der Waals surface area contributed by atoms with Crippen molar-refractivity contribution in [2.24, 2.45) is 0 Å². The Kier molecular flexibility index (Phi) is 5.14. The third-order valence-corrected chi connectivity index (χ3v) is 4.03. The van der Waals surface area contributed by atoms with Crippen molar-refractivity contribution in [1.82, 2.24) is 4.98 Å². The summed E-state index contributed by atoms with van der Waals surface area (Å²) in [4.78, 5) is 16.8. The number of rotatable bonds is 6. The maximum Gasteiger partial charge on any atom is 0.257 e. The first kappa shape index (κ1) is 16.8. The molecule has 0 spiro atoms. The van der Waals surface area contributed by atoms with Crippen molar-refractivity contribution >= 4 is 17.3 Å². The van der Waals surface area contributed by atoms with Gasteiger partial charge in [0.25, 0.3) is 5.91 Å². The van der Waals surface area contributed by atoms with Crippen molar-refractivity contribution in [3.8, 4) is 0 Å². The van der Waals surface area contributed by atoms with Crippen LogP contribution in [0, 0.1) is 6.92 Å². The van der Waals surface area contributed by atoms with Gasteiger partial charge in [-0.15, -0.1) is 0 Å². The molecule has 0 aliphatic rings. The number of pyridine rings is 1. The number of nitrogens with zero attached hydrogens (tertiary/aromatic N) is 1. The molecular weight excluding hydrogens is 314 g/mol. The molecular formula is C20H21N3O2. The molecule has 5 nitrogen and oxygen atoms in total. The Bertz CT molecular complexity index is 857. The van der Waals surface area contributed by atoms with Gasteiger partial charge in [-0.25, -0.2) is 0 Å². The van der Waals surface area contributed by atoms with Crippen molar-refractivity contribution in [3.63, 3.8) is 0 Å². The molecule has 0 bridgehead atoms. The van der Waals surface area contributed by atoms with Crippen LogP contribution in [0.1, 0.15) is 34.2 Å². The molecule has 3 aromatic rings. The van der Waals surface area contributed by atoms with Crippen molar-refractivity contribution in [1.29, 1.82) is 0 Å². The Hall–Kier alpha value is -3.08. The van der Waals surface area contributed by atoms with Crippen LogP contribution in [0.15, 0.2) is 59.5 Å². The highest BCUT2D eigenvalue weighted by Gasteiger charge is 2.11. The van der Waals surface area contributed by atoms with Gasteiger partial charge in [-0.3, -0.25) is 9.78 Å². The quantitative estimate of drug-likeness (QED) is 0.700. The highest BCUT2D eigenvalue weighted by molar-refractivity contribution is 6.05. The van der Waals surface area contributed by atoms with E-state index in [9.17, 15) is 4.79 Å². The first-order valence-corrected chi connectivity index (χ1v) is 8.28. The second kappa shape index (κ2) is 7.66. The Balaban J connectivity index is 1.73. The number of carbonyl (C=O) groups excluding carboxylic acids is 1. The van der Waals surface area contributed by atoms with E-state index < -0.39 is 0 Å². The summed E-state index contributed by atoms with van der Waals surface area (Å²) in [5.74, 6) is 0.653. The molecule has 25 heavy (non-hydrogen) atoms. The van der Waals surface area contributed by atoms with Gasteiger partial charge in [0, 0.05) is 18.1 Å². The highest BCUT2D eigenvalue weighted by atomic mass is 16.3. The standard InChI is InChI=1S/C20H21N3O2/c1-3-15-7-4-6-14(2)19(15)23-20(24)16-10-17(12-21-11-16)22-13-18-8-5-9-25-18/h4-12,22H,3,13H2,1-2H3,(H,23,24). The van der Waals surface area contributed by atoms with Crippen LogP contribution < -0.4 is 10.6 Å². The van der Waals surface area contributed by atoms with E-state index in [-0.39, 0.29) is 5.91 Å². The van der Waals surface area contributed by atoms with Crippen LogP contribution >= 0.6 is 0 Å². The van der Waals surface area contributed by atoms with Crippen LogP contribution in [0.3, 0.4) is 0 Å². The number of benzene rings is 1. The monoisotopic (exact) mass is 335 g/mol. The third-order valence-electron chi connectivity index (χ3n) is 4.03. The van der Waals surface area contributed by atoms with Crippen LogP contribution in [0.5, 0.6) is 0 Å². The summed E-state index contributed by atoms with van der Waals surface area (Å²) in [5.41, 5.74) is 4.32. The number of aryl methyl sites for hydroxylation is 2. The van der Waals surface area contributed by atoms with E-state index in [0.717, 1.165) is 34.7 Å². The van der Waals surface area contributed by atoms with Crippen LogP contribution in [0.4, 0.5) is 11.4 Å². The van der Waals surface area contributed by atoms with Gasteiger partial charge in [-0.1, -0.05) is 25.1 Å². The van der Waals surface area contributed by atoms with Gasteiger partial charge in [0.2, 0.25) is 0 Å². The number of anilines is 2. The molecule has 0 aliphatic heterocycles. The Morgan fingerprint density at radius 1 is 1.20 bits per heavy atom. The Morgan fingerprint density at radius 3 is 2.84 bits per heavy atom. The molecule has 3 rings (SSSR count). The maximum atomic E-state index is 12.6. The normalized spacial score (nSPS) is 10.5. The van der Waals surface area contributed by atoms with Gasteiger partial charge in [0.05, 0.1) is 24.1 Å². The van der Waals surface area contributed by atoms with E-state index in [4.69, 9.17) is 4.42 Å². The number of carbonyl (C=O) groups is 1. The second-order valence-corrected chi connectivity index (χ2v) is 5.81. The Morgan fingerprint density at radius 2 is 2.08 bits per heavy atom. The summed E-state index contributed by atoms with van der Waals surface area (Å²) in [6.07, 6.45) is 5.75. The SMILES string of the molecule is CCc1cccc(C)c1NC(=O)c1cncc(NCc2ccco2)c1. The summed E-state index contributed by atoms with van der Waals surface area (Å²) in [6, 6.07) is 11.5. The first-order valence-electron chi connectivity index (χ1n) is 8.28. The zero-order valence-corrected chi connectivity index (χ0v) is 14.4. The van der Waals surface area contributed by atoms with Crippen LogP contribution in [0.2, 0.25) is 0 Å². The van der Waals surface area contributed by atoms with E-state index in [0.29, 0.717) is 12.1 Å². The zero-order valence-electron chi connectivity index (χ0n) is 14.4. The lowest BCUT2D eigenvalue weighted by molar-refractivity contribution is 0.102. The molecule has 2 N–H and O–H groups in total. The minimum Gasteiger partial charge on any atom is -0.467 e. The fraction of sp³-hybridized carbons (Fsp3) is 0.200. The van der Waals surface area contributed by atoms with E-state index in [1.165, 1.54) is 0 Å². The smallest absolute Gasteiger partial charge is 0.257 e. The largest absolute Gasteiger partial charge is 0.467 e. The summed E-state index contributed by atoms with van der Waals surface area (Å²) in [7, 11) is 0. The molecule has 128 valence electrons. The number of nitrogens with one attached hydrogen (secondary N) is 2. The van der Waals surface area contributed by atoms with Crippen LogP contribution in [0.25, 0.3) is 0 Å². The van der Waals surface area contributed by atoms with Crippen LogP contribution in [-0.2, 0) is 13.0 Å². The molecule has 0 atom stereocenters. The minimum absolute atomic E-state index is 0.168. The molecule has 0 radical (unpaired) electrons. The lowest BCUT2D eigenvalue weighted by atomic mass is 10.1. The topological polar surface area (TPSA) is 67.2 Å².